The van der Waals surface area contributed by atoms with Gasteiger partial charge in [0, 0.05) is 12.0 Å². The van der Waals surface area contributed by atoms with E-state index in [0.29, 0.717) is 41.0 Å². The zero-order valence-corrected chi connectivity index (χ0v) is 15.0. The minimum atomic E-state index is -2.75. The Bertz CT molecular complexity index is 925. The molecular formula is C21H20F3N3. The number of alkyl halides is 2. The highest BCUT2D eigenvalue weighted by molar-refractivity contribution is 5.55. The minimum absolute atomic E-state index is 0.296. The zero-order chi connectivity index (χ0) is 19.4. The number of allylic oxidation sites excluding steroid dienone is 1. The molecule has 0 unspecified atom stereocenters. The first-order valence-corrected chi connectivity index (χ1v) is 8.64. The molecule has 27 heavy (non-hydrogen) atoms. The molecule has 140 valence electrons. The molecular weight excluding hydrogens is 351 g/mol. The van der Waals surface area contributed by atoms with Gasteiger partial charge in [0.05, 0.1) is 5.69 Å². The van der Waals surface area contributed by atoms with Crippen LogP contribution >= 0.6 is 0 Å². The molecule has 0 aliphatic heterocycles. The van der Waals surface area contributed by atoms with Gasteiger partial charge in [0.1, 0.15) is 12.1 Å². The van der Waals surface area contributed by atoms with E-state index in [9.17, 15) is 13.2 Å². The van der Waals surface area contributed by atoms with E-state index in [4.69, 9.17) is 0 Å². The van der Waals surface area contributed by atoms with Crippen molar-refractivity contribution in [1.29, 1.82) is 0 Å². The van der Waals surface area contributed by atoms with Gasteiger partial charge >= 0.3 is 0 Å². The molecule has 0 aliphatic rings. The molecule has 1 heterocycles. The summed E-state index contributed by atoms with van der Waals surface area (Å²) in [7, 11) is 0. The number of hydrogen-bond donors (Lipinski definition) is 0. The van der Waals surface area contributed by atoms with Gasteiger partial charge in [-0.1, -0.05) is 30.3 Å². The first-order valence-electron chi connectivity index (χ1n) is 8.64. The SMILES string of the molecule is C=CCCc1ccc(-c2ncn(-c3ccc(CC(C)(F)F)cc3)n2)cc1F. The zero-order valence-electron chi connectivity index (χ0n) is 15.0. The number of nitrogens with zero attached hydrogens (tertiary/aromatic N) is 3. The molecule has 3 nitrogen and oxygen atoms in total. The van der Waals surface area contributed by atoms with Crippen molar-refractivity contribution >= 4 is 0 Å². The lowest BCUT2D eigenvalue weighted by Crippen LogP contribution is -2.13. The van der Waals surface area contributed by atoms with Gasteiger partial charge in [0.15, 0.2) is 5.82 Å². The van der Waals surface area contributed by atoms with Crippen LogP contribution in [0.25, 0.3) is 17.1 Å². The summed E-state index contributed by atoms with van der Waals surface area (Å²) in [4.78, 5) is 4.23. The van der Waals surface area contributed by atoms with Crippen LogP contribution in [-0.4, -0.2) is 20.7 Å². The molecule has 0 aliphatic carbocycles. The van der Waals surface area contributed by atoms with Crippen LogP contribution in [0.2, 0.25) is 0 Å². The summed E-state index contributed by atoms with van der Waals surface area (Å²) in [6.45, 7) is 4.54. The minimum Gasteiger partial charge on any atom is -0.220 e. The molecule has 0 saturated heterocycles. The first kappa shape index (κ1) is 18.9. The van der Waals surface area contributed by atoms with Crippen LogP contribution in [0.3, 0.4) is 0 Å². The average Bonchev–Trinajstić information content (AvgIpc) is 3.10. The second-order valence-corrected chi connectivity index (χ2v) is 6.56. The summed E-state index contributed by atoms with van der Waals surface area (Å²) >= 11 is 0. The fraction of sp³-hybridized carbons (Fsp3) is 0.238. The van der Waals surface area contributed by atoms with Gasteiger partial charge in [-0.05, 0) is 49.1 Å². The highest BCUT2D eigenvalue weighted by Crippen LogP contribution is 2.22. The molecule has 0 N–H and O–H groups in total. The fourth-order valence-corrected chi connectivity index (χ4v) is 2.79. The van der Waals surface area contributed by atoms with Crippen molar-refractivity contribution < 1.29 is 13.2 Å². The summed E-state index contributed by atoms with van der Waals surface area (Å²) in [5.41, 5.74) is 2.45. The van der Waals surface area contributed by atoms with Crippen LogP contribution in [0.5, 0.6) is 0 Å². The Morgan fingerprint density at radius 2 is 1.89 bits per heavy atom. The van der Waals surface area contributed by atoms with Gasteiger partial charge in [-0.3, -0.25) is 0 Å². The molecule has 6 heteroatoms. The van der Waals surface area contributed by atoms with Crippen LogP contribution < -0.4 is 0 Å². The Labute approximate surface area is 156 Å². The number of hydrogen-bond acceptors (Lipinski definition) is 2. The number of benzene rings is 2. The number of rotatable bonds is 7. The smallest absolute Gasteiger partial charge is 0.220 e. The van der Waals surface area contributed by atoms with Crippen molar-refractivity contribution in [2.45, 2.75) is 32.1 Å². The van der Waals surface area contributed by atoms with Crippen LogP contribution in [0.1, 0.15) is 24.5 Å². The number of aryl methyl sites for hydroxylation is 1. The molecule has 0 saturated carbocycles. The average molecular weight is 371 g/mol. The number of halogens is 3. The third-order valence-corrected chi connectivity index (χ3v) is 4.14. The van der Waals surface area contributed by atoms with E-state index in [1.165, 1.54) is 17.1 Å². The van der Waals surface area contributed by atoms with Gasteiger partial charge in [-0.25, -0.2) is 22.8 Å². The molecule has 3 rings (SSSR count). The van der Waals surface area contributed by atoms with Crippen molar-refractivity contribution in [2.75, 3.05) is 0 Å². The molecule has 0 fully saturated rings. The van der Waals surface area contributed by atoms with E-state index in [0.717, 1.165) is 6.92 Å². The Balaban J connectivity index is 1.78. The fourth-order valence-electron chi connectivity index (χ4n) is 2.79. The summed E-state index contributed by atoms with van der Waals surface area (Å²) in [6.07, 6.45) is 4.27. The summed E-state index contributed by atoms with van der Waals surface area (Å²) < 4.78 is 41.9. The molecule has 0 bridgehead atoms. The van der Waals surface area contributed by atoms with Crippen molar-refractivity contribution in [3.63, 3.8) is 0 Å². The van der Waals surface area contributed by atoms with E-state index in [1.54, 1.807) is 42.5 Å². The van der Waals surface area contributed by atoms with Crippen molar-refractivity contribution in [1.82, 2.24) is 14.8 Å². The van der Waals surface area contributed by atoms with Gasteiger partial charge < -0.3 is 0 Å². The van der Waals surface area contributed by atoms with Crippen molar-refractivity contribution in [2.24, 2.45) is 0 Å². The third kappa shape index (κ3) is 4.84. The Morgan fingerprint density at radius 1 is 1.15 bits per heavy atom. The van der Waals surface area contributed by atoms with E-state index in [-0.39, 0.29) is 12.2 Å². The largest absolute Gasteiger partial charge is 0.249 e. The summed E-state index contributed by atoms with van der Waals surface area (Å²) in [5.74, 6) is -2.65. The van der Waals surface area contributed by atoms with E-state index in [1.807, 2.05) is 0 Å². The van der Waals surface area contributed by atoms with E-state index >= 15 is 0 Å². The van der Waals surface area contributed by atoms with Crippen LogP contribution in [-0.2, 0) is 12.8 Å². The lowest BCUT2D eigenvalue weighted by atomic mass is 10.1. The van der Waals surface area contributed by atoms with Crippen molar-refractivity contribution in [3.05, 3.63) is 78.4 Å². The Hall–Kier alpha value is -2.89. The standard InChI is InChI=1S/C21H20F3N3/c1-3-4-5-16-8-9-17(12-19(16)22)20-25-14-27(26-20)18-10-6-15(7-11-18)13-21(2,23)24/h3,6-12,14H,1,4-5,13H2,2H3. The second kappa shape index (κ2) is 7.78. The van der Waals surface area contributed by atoms with Crippen LogP contribution in [0, 0.1) is 5.82 Å². The molecule has 2 aromatic carbocycles. The highest BCUT2D eigenvalue weighted by atomic mass is 19.3. The molecule has 3 aromatic rings. The number of aromatic nitrogens is 3. The Morgan fingerprint density at radius 3 is 2.52 bits per heavy atom. The molecule has 0 atom stereocenters. The molecule has 0 amide bonds. The quantitative estimate of drug-likeness (QED) is 0.521. The molecule has 0 spiro atoms. The van der Waals surface area contributed by atoms with Crippen molar-refractivity contribution in [3.8, 4) is 17.1 Å². The lowest BCUT2D eigenvalue weighted by molar-refractivity contribution is 0.0226. The van der Waals surface area contributed by atoms with Gasteiger partial charge in [0.25, 0.3) is 0 Å². The van der Waals surface area contributed by atoms with Gasteiger partial charge in [0.2, 0.25) is 5.92 Å². The second-order valence-electron chi connectivity index (χ2n) is 6.56. The molecule has 0 radical (unpaired) electrons. The normalized spacial score (nSPS) is 11.6. The molecule has 1 aromatic heterocycles. The first-order chi connectivity index (χ1) is 12.9. The predicted octanol–water partition coefficient (Wildman–Crippen LogP) is 5.39. The van der Waals surface area contributed by atoms with Gasteiger partial charge in [-0.2, -0.15) is 0 Å². The summed E-state index contributed by atoms with van der Waals surface area (Å²) in [5, 5.41) is 4.36. The lowest BCUT2D eigenvalue weighted by Gasteiger charge is -2.10. The van der Waals surface area contributed by atoms with E-state index in [2.05, 4.69) is 16.7 Å². The van der Waals surface area contributed by atoms with E-state index < -0.39 is 5.92 Å². The maximum atomic E-state index is 14.2. The van der Waals surface area contributed by atoms with Crippen LogP contribution in [0.15, 0.2) is 61.4 Å². The highest BCUT2D eigenvalue weighted by Gasteiger charge is 2.21. The topological polar surface area (TPSA) is 30.7 Å². The third-order valence-electron chi connectivity index (χ3n) is 4.14. The van der Waals surface area contributed by atoms with Crippen LogP contribution in [0.4, 0.5) is 13.2 Å². The summed E-state index contributed by atoms with van der Waals surface area (Å²) in [6, 6.07) is 11.6. The maximum absolute atomic E-state index is 14.2. The predicted molar refractivity (Wildman–Crippen MR) is 99.6 cm³/mol. The maximum Gasteiger partial charge on any atom is 0.249 e. The van der Waals surface area contributed by atoms with Gasteiger partial charge in [-0.15, -0.1) is 11.7 Å². The monoisotopic (exact) mass is 371 g/mol. The Kier molecular flexibility index (Phi) is 5.44.